The van der Waals surface area contributed by atoms with Crippen LogP contribution in [0.4, 0.5) is 5.69 Å². The molecule has 0 fully saturated rings. The monoisotopic (exact) mass is 493 g/mol. The molecule has 0 amide bonds. The minimum absolute atomic E-state index is 0.0166. The second kappa shape index (κ2) is 9.87. The van der Waals surface area contributed by atoms with Gasteiger partial charge in [0.05, 0.1) is 22.8 Å². The Hall–Kier alpha value is -3.72. The van der Waals surface area contributed by atoms with E-state index in [0.29, 0.717) is 24.2 Å². The molecular weight excluding hydrogens is 466 g/mol. The van der Waals surface area contributed by atoms with E-state index in [2.05, 4.69) is 5.10 Å². The van der Waals surface area contributed by atoms with Crippen LogP contribution < -0.4 is 4.31 Å². The number of para-hydroxylation sites is 1. The number of ether oxygens (including phenoxy) is 1. The molecule has 0 spiro atoms. The van der Waals surface area contributed by atoms with Gasteiger partial charge >= 0.3 is 5.97 Å². The minimum Gasteiger partial charge on any atom is -0.454 e. The van der Waals surface area contributed by atoms with Crippen molar-refractivity contribution in [3.05, 3.63) is 82.7 Å². The van der Waals surface area contributed by atoms with Crippen LogP contribution >= 0.6 is 0 Å². The highest BCUT2D eigenvalue weighted by Gasteiger charge is 2.28. The molecule has 0 unspecified atom stereocenters. The molecule has 3 aromatic rings. The number of ketones is 1. The third kappa shape index (κ3) is 5.05. The summed E-state index contributed by atoms with van der Waals surface area (Å²) < 4.78 is 32.8. The van der Waals surface area contributed by atoms with Gasteiger partial charge in [-0.05, 0) is 69.2 Å². The summed E-state index contributed by atoms with van der Waals surface area (Å²) in [6.07, 6.45) is 3.46. The molecule has 0 saturated carbocycles. The Labute approximate surface area is 204 Å². The molecule has 0 radical (unpaired) electrons. The summed E-state index contributed by atoms with van der Waals surface area (Å²) in [6.45, 7) is 5.35. The first-order valence-corrected chi connectivity index (χ1v) is 12.9. The van der Waals surface area contributed by atoms with Crippen LogP contribution in [-0.2, 0) is 26.0 Å². The minimum atomic E-state index is -3.35. The van der Waals surface area contributed by atoms with Crippen molar-refractivity contribution in [2.24, 2.45) is 0 Å². The molecule has 1 aliphatic heterocycles. The summed E-state index contributed by atoms with van der Waals surface area (Å²) in [5.74, 6) is -0.968. The highest BCUT2D eigenvalue weighted by atomic mass is 32.2. The van der Waals surface area contributed by atoms with Crippen LogP contribution in [0.25, 0.3) is 11.8 Å². The number of rotatable bonds is 8. The van der Waals surface area contributed by atoms with Gasteiger partial charge in [0.25, 0.3) is 0 Å². The third-order valence-electron chi connectivity index (χ3n) is 6.03. The number of hydrogen-bond donors (Lipinski definition) is 0. The molecule has 0 N–H and O–H groups in total. The van der Waals surface area contributed by atoms with Gasteiger partial charge in [0.2, 0.25) is 10.0 Å². The molecule has 0 saturated heterocycles. The van der Waals surface area contributed by atoms with Crippen molar-refractivity contribution in [1.29, 1.82) is 0 Å². The smallest absolute Gasteiger partial charge is 0.331 e. The predicted molar refractivity (Wildman–Crippen MR) is 134 cm³/mol. The average molecular weight is 494 g/mol. The lowest BCUT2D eigenvalue weighted by Gasteiger charge is -2.18. The SMILES string of the molecule is CCS(=O)(=O)N1CCc2cc(C(=O)COC(=O)/C=C/c3c(C)nn(-c4ccccc4)c3C)ccc21. The van der Waals surface area contributed by atoms with Crippen LogP contribution in [0.3, 0.4) is 0 Å². The van der Waals surface area contributed by atoms with E-state index in [0.717, 1.165) is 28.2 Å². The fourth-order valence-corrected chi connectivity index (χ4v) is 5.28. The second-order valence-corrected chi connectivity index (χ2v) is 10.4. The van der Waals surface area contributed by atoms with Gasteiger partial charge in [-0.3, -0.25) is 9.10 Å². The van der Waals surface area contributed by atoms with Crippen molar-refractivity contribution in [2.75, 3.05) is 23.2 Å². The molecule has 0 bridgehead atoms. The maximum atomic E-state index is 12.6. The van der Waals surface area contributed by atoms with Crippen molar-refractivity contribution >= 4 is 33.5 Å². The molecule has 0 atom stereocenters. The summed E-state index contributed by atoms with van der Waals surface area (Å²) in [5.41, 5.74) is 5.15. The summed E-state index contributed by atoms with van der Waals surface area (Å²) in [6, 6.07) is 14.6. The van der Waals surface area contributed by atoms with Gasteiger partial charge in [-0.1, -0.05) is 18.2 Å². The van der Waals surface area contributed by atoms with Gasteiger partial charge in [-0.25, -0.2) is 17.9 Å². The Morgan fingerprint density at radius 1 is 1.11 bits per heavy atom. The molecule has 182 valence electrons. The summed E-state index contributed by atoms with van der Waals surface area (Å²) in [7, 11) is -3.35. The van der Waals surface area contributed by atoms with E-state index in [4.69, 9.17) is 4.74 Å². The molecule has 1 aromatic heterocycles. The van der Waals surface area contributed by atoms with Gasteiger partial charge in [0.1, 0.15) is 0 Å². The second-order valence-electron chi connectivity index (χ2n) is 8.26. The number of nitrogens with zero attached hydrogens (tertiary/aromatic N) is 3. The van der Waals surface area contributed by atoms with E-state index in [-0.39, 0.29) is 11.5 Å². The van der Waals surface area contributed by atoms with Crippen LogP contribution in [0.2, 0.25) is 0 Å². The number of benzene rings is 2. The third-order valence-corrected chi connectivity index (χ3v) is 7.82. The van der Waals surface area contributed by atoms with Crippen LogP contribution in [0.15, 0.2) is 54.6 Å². The van der Waals surface area contributed by atoms with E-state index in [1.165, 1.54) is 10.4 Å². The van der Waals surface area contributed by atoms with E-state index >= 15 is 0 Å². The standard InChI is InChI=1S/C26H27N3O5S/c1-4-35(32,33)28-15-14-20-16-21(10-12-24(20)28)25(30)17-34-26(31)13-11-23-18(2)27-29(19(23)3)22-8-6-5-7-9-22/h5-13,16H,4,14-15,17H2,1-3H3/b13-11+. The molecule has 4 rings (SSSR count). The number of aromatic nitrogens is 2. The number of fused-ring (bicyclic) bond motifs is 1. The number of carbonyl (C=O) groups excluding carboxylic acids is 2. The Morgan fingerprint density at radius 3 is 2.57 bits per heavy atom. The summed E-state index contributed by atoms with van der Waals surface area (Å²) in [5, 5.41) is 4.54. The fourth-order valence-electron chi connectivity index (χ4n) is 4.13. The molecule has 9 heteroatoms. The van der Waals surface area contributed by atoms with E-state index in [9.17, 15) is 18.0 Å². The maximum Gasteiger partial charge on any atom is 0.331 e. The van der Waals surface area contributed by atoms with Gasteiger partial charge in [0.15, 0.2) is 12.4 Å². The van der Waals surface area contributed by atoms with Crippen LogP contribution in [-0.4, -0.2) is 48.9 Å². The highest BCUT2D eigenvalue weighted by molar-refractivity contribution is 7.92. The largest absolute Gasteiger partial charge is 0.454 e. The van der Waals surface area contributed by atoms with E-state index in [1.54, 1.807) is 31.2 Å². The molecule has 35 heavy (non-hydrogen) atoms. The van der Waals surface area contributed by atoms with Crippen molar-refractivity contribution < 1.29 is 22.7 Å². The summed E-state index contributed by atoms with van der Waals surface area (Å²) in [4.78, 5) is 24.8. The van der Waals surface area contributed by atoms with Crippen LogP contribution in [0.1, 0.15) is 39.8 Å². The first-order chi connectivity index (χ1) is 16.7. The highest BCUT2D eigenvalue weighted by Crippen LogP contribution is 2.31. The Balaban J connectivity index is 1.39. The van der Waals surface area contributed by atoms with Crippen molar-refractivity contribution in [3.63, 3.8) is 0 Å². The van der Waals surface area contributed by atoms with Gasteiger partial charge in [-0.2, -0.15) is 5.10 Å². The molecule has 8 nitrogen and oxygen atoms in total. The van der Waals surface area contributed by atoms with Crippen molar-refractivity contribution in [1.82, 2.24) is 9.78 Å². The molecule has 2 heterocycles. The summed E-state index contributed by atoms with van der Waals surface area (Å²) >= 11 is 0. The predicted octanol–water partition coefficient (Wildman–Crippen LogP) is 3.64. The number of Topliss-reactive ketones (excluding diaryl/α,β-unsaturated/α-hetero) is 1. The molecule has 0 aliphatic carbocycles. The van der Waals surface area contributed by atoms with E-state index < -0.39 is 22.6 Å². The molecule has 2 aromatic carbocycles. The zero-order chi connectivity index (χ0) is 25.2. The zero-order valence-corrected chi connectivity index (χ0v) is 20.7. The quantitative estimate of drug-likeness (QED) is 0.270. The topological polar surface area (TPSA) is 98.6 Å². The molecular formula is C26H27N3O5S. The first-order valence-electron chi connectivity index (χ1n) is 11.3. The lowest BCUT2D eigenvalue weighted by atomic mass is 10.1. The number of sulfonamides is 1. The number of anilines is 1. The number of aryl methyl sites for hydroxylation is 1. The fraction of sp³-hybridized carbons (Fsp3) is 0.269. The van der Waals surface area contributed by atoms with Crippen molar-refractivity contribution in [2.45, 2.75) is 27.2 Å². The number of hydrogen-bond acceptors (Lipinski definition) is 6. The van der Waals surface area contributed by atoms with Crippen LogP contribution in [0.5, 0.6) is 0 Å². The Bertz CT molecular complexity index is 1410. The Kier molecular flexibility index (Phi) is 6.88. The zero-order valence-electron chi connectivity index (χ0n) is 19.9. The average Bonchev–Trinajstić information content (AvgIpc) is 3.42. The van der Waals surface area contributed by atoms with Gasteiger partial charge < -0.3 is 4.74 Å². The lowest BCUT2D eigenvalue weighted by molar-refractivity contribution is -0.136. The number of esters is 1. The normalized spacial score (nSPS) is 13.3. The Morgan fingerprint density at radius 2 is 1.86 bits per heavy atom. The van der Waals surface area contributed by atoms with Crippen molar-refractivity contribution in [3.8, 4) is 5.69 Å². The maximum absolute atomic E-state index is 12.6. The molecule has 1 aliphatic rings. The lowest BCUT2D eigenvalue weighted by Crippen LogP contribution is -2.30. The number of carbonyl (C=O) groups is 2. The van der Waals surface area contributed by atoms with Crippen LogP contribution in [0, 0.1) is 13.8 Å². The van der Waals surface area contributed by atoms with E-state index in [1.807, 2.05) is 48.9 Å². The van der Waals surface area contributed by atoms with Gasteiger partial charge in [0, 0.05) is 29.4 Å². The first kappa shape index (κ1) is 24.4. The van der Waals surface area contributed by atoms with Gasteiger partial charge in [-0.15, -0.1) is 0 Å².